The predicted molar refractivity (Wildman–Crippen MR) is 180 cm³/mol. The largest absolute Gasteiger partial charge is 0.296 e. The summed E-state index contributed by atoms with van der Waals surface area (Å²) in [6, 6.07) is 44.7. The normalized spacial score (nSPS) is 13.8. The second-order valence-corrected chi connectivity index (χ2v) is 10.6. The smallest absolute Gasteiger partial charge is 0.114 e. The van der Waals surface area contributed by atoms with Crippen LogP contribution in [0.3, 0.4) is 0 Å². The number of imidazole rings is 1. The number of pyridine rings is 1. The zero-order valence-electron chi connectivity index (χ0n) is 28.2. The Balaban J connectivity index is 1.35. The van der Waals surface area contributed by atoms with Crippen LogP contribution in [0.25, 0.3) is 71.6 Å². The molecule has 2 heterocycles. The van der Waals surface area contributed by atoms with Crippen LogP contribution >= 0.6 is 0 Å². The Morgan fingerprint density at radius 2 is 1.16 bits per heavy atom. The van der Waals surface area contributed by atoms with E-state index < -0.39 is 13.2 Å². The maximum atomic E-state index is 8.58. The highest BCUT2D eigenvalue weighted by Crippen LogP contribution is 2.46. The van der Waals surface area contributed by atoms with Crippen molar-refractivity contribution in [1.82, 2.24) is 14.5 Å². The number of nitrogens with zero attached hydrogens (tertiary/aromatic N) is 3. The number of fused-ring (bicyclic) bond motifs is 3. The number of aromatic nitrogens is 3. The summed E-state index contributed by atoms with van der Waals surface area (Å²) in [6.45, 7) is -2.90. The lowest BCUT2D eigenvalue weighted by molar-refractivity contribution is 0.908. The maximum absolute atomic E-state index is 8.58. The van der Waals surface area contributed by atoms with Crippen LogP contribution in [0.15, 0.2) is 146 Å². The zero-order valence-corrected chi connectivity index (χ0v) is 23.2. The van der Waals surface area contributed by atoms with Gasteiger partial charge in [-0.1, -0.05) is 104 Å². The maximum Gasteiger partial charge on any atom is 0.114 e. The average molecular weight is 557 g/mol. The van der Waals surface area contributed by atoms with E-state index in [0.717, 1.165) is 54.9 Å². The van der Waals surface area contributed by atoms with Gasteiger partial charge in [0.15, 0.2) is 0 Å². The summed E-state index contributed by atoms with van der Waals surface area (Å²) in [4.78, 5) is 8.72. The molecule has 204 valence electrons. The van der Waals surface area contributed by atoms with Gasteiger partial charge in [-0.05, 0) is 91.3 Å². The number of para-hydroxylation sites is 2. The van der Waals surface area contributed by atoms with E-state index in [1.54, 1.807) is 10.6 Å². The van der Waals surface area contributed by atoms with Crippen molar-refractivity contribution in [3.05, 3.63) is 152 Å². The quantitative estimate of drug-likeness (QED) is 0.197. The van der Waals surface area contributed by atoms with Crippen LogP contribution in [0.4, 0.5) is 0 Å². The van der Waals surface area contributed by atoms with E-state index in [9.17, 15) is 0 Å². The Morgan fingerprint density at radius 1 is 0.581 bits per heavy atom. The summed E-state index contributed by atoms with van der Waals surface area (Å²) in [5, 5.41) is 4.48. The molecule has 0 bridgehead atoms. The van der Waals surface area contributed by atoms with E-state index in [1.165, 1.54) is 0 Å². The first-order valence-electron chi connectivity index (χ1n) is 16.8. The molecule has 0 fully saturated rings. The Bertz CT molecular complexity index is 2410. The molecule has 8 rings (SSSR count). The lowest BCUT2D eigenvalue weighted by atomic mass is 9.84. The van der Waals surface area contributed by atoms with Crippen LogP contribution in [0.1, 0.15) is 19.5 Å². The third kappa shape index (κ3) is 4.12. The highest BCUT2D eigenvalue weighted by atomic mass is 15.1. The van der Waals surface area contributed by atoms with Gasteiger partial charge in [0, 0.05) is 31.3 Å². The van der Waals surface area contributed by atoms with Crippen LogP contribution in [-0.4, -0.2) is 14.5 Å². The molecule has 6 aromatic carbocycles. The van der Waals surface area contributed by atoms with Crippen molar-refractivity contribution in [1.29, 1.82) is 0 Å². The Hall–Kier alpha value is -5.54. The molecular formula is C40H29N3. The first-order valence-corrected chi connectivity index (χ1v) is 14.3. The van der Waals surface area contributed by atoms with E-state index in [2.05, 4.69) is 82.8 Å². The molecule has 3 heteroatoms. The van der Waals surface area contributed by atoms with Gasteiger partial charge >= 0.3 is 0 Å². The van der Waals surface area contributed by atoms with Gasteiger partial charge in [0.1, 0.15) is 5.82 Å². The Morgan fingerprint density at radius 3 is 1.84 bits per heavy atom. The third-order valence-electron chi connectivity index (χ3n) is 8.21. The van der Waals surface area contributed by atoms with Crippen molar-refractivity contribution in [2.24, 2.45) is 0 Å². The van der Waals surface area contributed by atoms with Gasteiger partial charge in [0.05, 0.1) is 11.0 Å². The van der Waals surface area contributed by atoms with Crippen molar-refractivity contribution in [2.45, 2.75) is 13.2 Å². The molecular weight excluding hydrogens is 522 g/mol. The second kappa shape index (κ2) is 10.4. The summed E-state index contributed by atoms with van der Waals surface area (Å²) in [6.07, 6.45) is 0.975. The SMILES string of the molecule is [2H]C([2H])([2H])C([2H])([2H])c1nc2ccccc2n1-c1ccc(-c2c3ccccc3c(-c3ccccc3-c3ccncc3)c3ccccc23)cc1. The van der Waals surface area contributed by atoms with E-state index in [1.807, 2.05) is 67.0 Å². The fraction of sp³-hybridized carbons (Fsp3) is 0.0500. The minimum Gasteiger partial charge on any atom is -0.296 e. The second-order valence-electron chi connectivity index (χ2n) is 10.6. The van der Waals surface area contributed by atoms with Gasteiger partial charge in [-0.3, -0.25) is 9.55 Å². The van der Waals surface area contributed by atoms with E-state index in [0.29, 0.717) is 16.7 Å². The highest BCUT2D eigenvalue weighted by Gasteiger charge is 2.19. The molecule has 8 aromatic rings. The third-order valence-corrected chi connectivity index (χ3v) is 8.21. The fourth-order valence-electron chi connectivity index (χ4n) is 6.36. The standard InChI is InChI=1S/C40H29N3/c1-2-38-42-36-17-9-10-18-37(36)43(38)29-21-19-28(20-22-29)39-32-13-5-7-15-34(32)40(35-16-8-6-14-33(35)39)31-12-4-3-11-30(31)27-23-25-41-26-24-27/h3-26H,2H2,1H3/i1D3,2D2. The first kappa shape index (κ1) is 20.4. The summed E-state index contributed by atoms with van der Waals surface area (Å²) in [7, 11) is 0. The topological polar surface area (TPSA) is 30.7 Å². The molecule has 0 aliphatic heterocycles. The minimum atomic E-state index is -2.90. The van der Waals surface area contributed by atoms with E-state index in [4.69, 9.17) is 6.85 Å². The Kier molecular flexibility index (Phi) is 4.91. The van der Waals surface area contributed by atoms with Crippen LogP contribution in [0.5, 0.6) is 0 Å². The number of aryl methyl sites for hydroxylation is 1. The van der Waals surface area contributed by atoms with Crippen molar-refractivity contribution in [2.75, 3.05) is 0 Å². The van der Waals surface area contributed by atoms with Gasteiger partial charge in [0.25, 0.3) is 0 Å². The molecule has 3 nitrogen and oxygen atoms in total. The van der Waals surface area contributed by atoms with Crippen molar-refractivity contribution < 1.29 is 6.85 Å². The molecule has 0 unspecified atom stereocenters. The molecule has 0 aliphatic carbocycles. The summed E-state index contributed by atoms with van der Waals surface area (Å²) < 4.78 is 42.6. The van der Waals surface area contributed by atoms with Gasteiger partial charge in [0.2, 0.25) is 0 Å². The first-order chi connectivity index (χ1) is 23.2. The van der Waals surface area contributed by atoms with E-state index >= 15 is 0 Å². The number of rotatable bonds is 5. The van der Waals surface area contributed by atoms with Crippen LogP contribution < -0.4 is 0 Å². The number of benzene rings is 6. The van der Waals surface area contributed by atoms with Crippen molar-refractivity contribution in [3.8, 4) is 39.1 Å². The van der Waals surface area contributed by atoms with Crippen molar-refractivity contribution >= 4 is 32.6 Å². The van der Waals surface area contributed by atoms with Crippen LogP contribution in [0.2, 0.25) is 0 Å². The molecule has 0 atom stereocenters. The van der Waals surface area contributed by atoms with Gasteiger partial charge < -0.3 is 0 Å². The summed E-state index contributed by atoms with van der Waals surface area (Å²) in [5.41, 5.74) is 8.42. The van der Waals surface area contributed by atoms with Gasteiger partial charge in [-0.2, -0.15) is 0 Å². The van der Waals surface area contributed by atoms with Gasteiger partial charge in [-0.15, -0.1) is 0 Å². The molecule has 0 spiro atoms. The van der Waals surface area contributed by atoms with Crippen LogP contribution in [-0.2, 0) is 6.37 Å². The predicted octanol–water partition coefficient (Wildman–Crippen LogP) is 10.3. The lowest BCUT2D eigenvalue weighted by Crippen LogP contribution is -2.00. The number of hydrogen-bond donors (Lipinski definition) is 0. The Labute approximate surface area is 257 Å². The molecule has 2 aromatic heterocycles. The molecule has 0 saturated carbocycles. The molecule has 43 heavy (non-hydrogen) atoms. The lowest BCUT2D eigenvalue weighted by Gasteiger charge is -2.20. The van der Waals surface area contributed by atoms with Crippen LogP contribution in [0, 0.1) is 0 Å². The van der Waals surface area contributed by atoms with Crippen molar-refractivity contribution in [3.63, 3.8) is 0 Å². The summed E-state index contributed by atoms with van der Waals surface area (Å²) >= 11 is 0. The van der Waals surface area contributed by atoms with Gasteiger partial charge in [-0.25, -0.2) is 4.98 Å². The molecule has 0 N–H and O–H groups in total. The minimum absolute atomic E-state index is 0.149. The molecule has 0 saturated heterocycles. The summed E-state index contributed by atoms with van der Waals surface area (Å²) in [5.74, 6) is -0.149. The monoisotopic (exact) mass is 556 g/mol. The molecule has 0 radical (unpaired) electrons. The zero-order chi connectivity index (χ0) is 33.0. The molecule has 0 amide bonds. The molecule has 0 aliphatic rings. The number of hydrogen-bond acceptors (Lipinski definition) is 2. The average Bonchev–Trinajstić information content (AvgIpc) is 3.51. The van der Waals surface area contributed by atoms with E-state index in [-0.39, 0.29) is 5.82 Å². The highest BCUT2D eigenvalue weighted by molar-refractivity contribution is 6.22. The fourth-order valence-corrected chi connectivity index (χ4v) is 6.36.